The maximum Gasteiger partial charge on any atom is 0.137 e. The lowest BCUT2D eigenvalue weighted by Crippen LogP contribution is -1.96. The quantitative estimate of drug-likeness (QED) is 0.453. The van der Waals surface area contributed by atoms with E-state index in [2.05, 4.69) is 56.1 Å². The van der Waals surface area contributed by atoms with Crippen LogP contribution in [0, 0.1) is 5.82 Å². The highest BCUT2D eigenvalue weighted by atomic mass is 79.9. The highest BCUT2D eigenvalue weighted by Gasteiger charge is 2.17. The maximum atomic E-state index is 13.7. The Morgan fingerprint density at radius 3 is 2.30 bits per heavy atom. The van der Waals surface area contributed by atoms with Crippen molar-refractivity contribution in [3.05, 3.63) is 82.1 Å². The molecule has 0 spiro atoms. The molecule has 0 aliphatic carbocycles. The van der Waals surface area contributed by atoms with Crippen LogP contribution in [0.25, 0.3) is 10.8 Å². The first-order chi connectivity index (χ1) is 9.68. The highest BCUT2D eigenvalue weighted by molar-refractivity contribution is 9.11. The second kappa shape index (κ2) is 5.66. The number of benzene rings is 3. The first kappa shape index (κ1) is 13.8. The minimum Gasteiger partial charge on any atom is -0.206 e. The first-order valence-corrected chi connectivity index (χ1v) is 7.95. The molecule has 1 atom stereocenters. The van der Waals surface area contributed by atoms with Gasteiger partial charge in [-0.3, -0.25) is 0 Å². The summed E-state index contributed by atoms with van der Waals surface area (Å²) in [5.74, 6) is -0.243. The molecule has 0 aromatic heterocycles. The van der Waals surface area contributed by atoms with E-state index in [0.717, 1.165) is 11.1 Å². The zero-order valence-corrected chi connectivity index (χ0v) is 13.7. The lowest BCUT2D eigenvalue weighted by molar-refractivity contribution is 0.619. The minimum atomic E-state index is -0.243. The molecule has 0 saturated heterocycles. The number of hydrogen-bond acceptors (Lipinski definition) is 0. The summed E-state index contributed by atoms with van der Waals surface area (Å²) in [5.41, 5.74) is 2.02. The Morgan fingerprint density at radius 1 is 0.800 bits per heavy atom. The molecular weight excluding hydrogens is 383 g/mol. The second-order valence-electron chi connectivity index (χ2n) is 4.57. The SMILES string of the molecule is Fc1cccc(C(Br)c2cccc3ccccc23)c1Br. The zero-order chi connectivity index (χ0) is 14.1. The van der Waals surface area contributed by atoms with Crippen LogP contribution < -0.4 is 0 Å². The Balaban J connectivity index is 2.18. The van der Waals surface area contributed by atoms with Gasteiger partial charge < -0.3 is 0 Å². The third kappa shape index (κ3) is 2.40. The fraction of sp³-hybridized carbons (Fsp3) is 0.0588. The predicted molar refractivity (Wildman–Crippen MR) is 88.8 cm³/mol. The number of halogens is 3. The molecule has 0 aliphatic heterocycles. The maximum absolute atomic E-state index is 13.7. The predicted octanol–water partition coefficient (Wildman–Crippen LogP) is 6.23. The summed E-state index contributed by atoms with van der Waals surface area (Å²) in [5, 5.41) is 2.36. The molecule has 0 fully saturated rings. The first-order valence-electron chi connectivity index (χ1n) is 6.24. The van der Waals surface area contributed by atoms with E-state index in [1.165, 1.54) is 16.8 Å². The van der Waals surface area contributed by atoms with Crippen LogP contribution >= 0.6 is 31.9 Å². The summed E-state index contributed by atoms with van der Waals surface area (Å²) < 4.78 is 14.2. The van der Waals surface area contributed by atoms with Crippen molar-refractivity contribution in [2.24, 2.45) is 0 Å². The minimum absolute atomic E-state index is 0.0568. The van der Waals surface area contributed by atoms with Crippen LogP contribution in [0.15, 0.2) is 65.1 Å². The van der Waals surface area contributed by atoms with E-state index >= 15 is 0 Å². The number of alkyl halides is 1. The summed E-state index contributed by atoms with van der Waals surface area (Å²) in [6.07, 6.45) is 0. The van der Waals surface area contributed by atoms with Crippen LogP contribution in [0.2, 0.25) is 0 Å². The lowest BCUT2D eigenvalue weighted by Gasteiger charge is -2.15. The van der Waals surface area contributed by atoms with Gasteiger partial charge in [-0.1, -0.05) is 70.5 Å². The smallest absolute Gasteiger partial charge is 0.137 e. The largest absolute Gasteiger partial charge is 0.206 e. The zero-order valence-electron chi connectivity index (χ0n) is 10.5. The van der Waals surface area contributed by atoms with E-state index < -0.39 is 0 Å². The fourth-order valence-corrected chi connectivity index (χ4v) is 3.94. The molecule has 0 heterocycles. The van der Waals surface area contributed by atoms with Crippen molar-refractivity contribution in [2.75, 3.05) is 0 Å². The van der Waals surface area contributed by atoms with E-state index in [-0.39, 0.29) is 10.6 Å². The molecule has 100 valence electrons. The molecule has 0 N–H and O–H groups in total. The van der Waals surface area contributed by atoms with Crippen LogP contribution in [-0.2, 0) is 0 Å². The Kier molecular flexibility index (Phi) is 3.90. The molecule has 3 aromatic carbocycles. The third-order valence-electron chi connectivity index (χ3n) is 3.35. The monoisotopic (exact) mass is 392 g/mol. The van der Waals surface area contributed by atoms with Gasteiger partial charge in [-0.25, -0.2) is 4.39 Å². The van der Waals surface area contributed by atoms with Crippen molar-refractivity contribution in [2.45, 2.75) is 4.83 Å². The average Bonchev–Trinajstić information content (AvgIpc) is 2.49. The molecule has 20 heavy (non-hydrogen) atoms. The van der Waals surface area contributed by atoms with Gasteiger partial charge in [-0.15, -0.1) is 0 Å². The van der Waals surface area contributed by atoms with Crippen LogP contribution in [0.4, 0.5) is 4.39 Å². The molecule has 3 aromatic rings. The molecule has 1 unspecified atom stereocenters. The van der Waals surface area contributed by atoms with Crippen molar-refractivity contribution < 1.29 is 4.39 Å². The van der Waals surface area contributed by atoms with E-state index in [0.29, 0.717) is 4.47 Å². The molecule has 0 bridgehead atoms. The molecule has 3 heteroatoms. The fourth-order valence-electron chi connectivity index (χ4n) is 2.36. The number of hydrogen-bond donors (Lipinski definition) is 0. The summed E-state index contributed by atoms with van der Waals surface area (Å²) >= 11 is 7.04. The van der Waals surface area contributed by atoms with Crippen molar-refractivity contribution in [3.8, 4) is 0 Å². The van der Waals surface area contributed by atoms with Crippen molar-refractivity contribution in [1.29, 1.82) is 0 Å². The van der Waals surface area contributed by atoms with E-state index in [4.69, 9.17) is 0 Å². The Hall–Kier alpha value is -1.19. The van der Waals surface area contributed by atoms with Crippen molar-refractivity contribution in [3.63, 3.8) is 0 Å². The van der Waals surface area contributed by atoms with Gasteiger partial charge in [-0.05, 0) is 43.9 Å². The van der Waals surface area contributed by atoms with Gasteiger partial charge in [-0.2, -0.15) is 0 Å². The van der Waals surface area contributed by atoms with E-state index in [9.17, 15) is 4.39 Å². The summed E-state index contributed by atoms with van der Waals surface area (Å²) in [7, 11) is 0. The van der Waals surface area contributed by atoms with E-state index in [1.807, 2.05) is 24.3 Å². The standard InChI is InChI=1S/C17H11Br2F/c18-16(14-9-4-10-15(20)17(14)19)13-8-3-6-11-5-1-2-7-12(11)13/h1-10,16H. The van der Waals surface area contributed by atoms with Crippen LogP contribution in [0.5, 0.6) is 0 Å². The molecule has 0 radical (unpaired) electrons. The van der Waals surface area contributed by atoms with Gasteiger partial charge in [0.05, 0.1) is 9.30 Å². The number of fused-ring (bicyclic) bond motifs is 1. The van der Waals surface area contributed by atoms with Crippen LogP contribution in [0.1, 0.15) is 16.0 Å². The van der Waals surface area contributed by atoms with Crippen LogP contribution in [-0.4, -0.2) is 0 Å². The van der Waals surface area contributed by atoms with Gasteiger partial charge in [0.2, 0.25) is 0 Å². The van der Waals surface area contributed by atoms with Gasteiger partial charge in [0.15, 0.2) is 0 Å². The Labute approximate surface area is 133 Å². The Morgan fingerprint density at radius 2 is 1.45 bits per heavy atom. The van der Waals surface area contributed by atoms with Crippen LogP contribution in [0.3, 0.4) is 0 Å². The average molecular weight is 394 g/mol. The Bertz CT molecular complexity index is 763. The van der Waals surface area contributed by atoms with Crippen molar-refractivity contribution >= 4 is 42.6 Å². The second-order valence-corrected chi connectivity index (χ2v) is 6.28. The molecule has 0 amide bonds. The highest BCUT2D eigenvalue weighted by Crippen LogP contribution is 2.39. The van der Waals surface area contributed by atoms with Gasteiger partial charge in [0.25, 0.3) is 0 Å². The van der Waals surface area contributed by atoms with Gasteiger partial charge in [0.1, 0.15) is 5.82 Å². The topological polar surface area (TPSA) is 0 Å². The van der Waals surface area contributed by atoms with Gasteiger partial charge >= 0.3 is 0 Å². The summed E-state index contributed by atoms with van der Waals surface area (Å²) in [6, 6.07) is 19.5. The van der Waals surface area contributed by atoms with Gasteiger partial charge in [0, 0.05) is 0 Å². The molecule has 0 nitrogen and oxygen atoms in total. The van der Waals surface area contributed by atoms with Crippen molar-refractivity contribution in [1.82, 2.24) is 0 Å². The molecular formula is C17H11Br2F. The lowest BCUT2D eigenvalue weighted by atomic mass is 9.98. The molecule has 0 aliphatic rings. The third-order valence-corrected chi connectivity index (χ3v) is 5.17. The summed E-state index contributed by atoms with van der Waals surface area (Å²) in [6.45, 7) is 0. The molecule has 3 rings (SSSR count). The number of rotatable bonds is 2. The van der Waals surface area contributed by atoms with E-state index in [1.54, 1.807) is 6.07 Å². The normalized spacial score (nSPS) is 12.6. The molecule has 0 saturated carbocycles. The summed E-state index contributed by atoms with van der Waals surface area (Å²) in [4.78, 5) is -0.0568.